The van der Waals surface area contributed by atoms with Crippen molar-refractivity contribution in [3.63, 3.8) is 0 Å². The predicted octanol–water partition coefficient (Wildman–Crippen LogP) is 2.98. The van der Waals surface area contributed by atoms with Crippen LogP contribution in [-0.4, -0.2) is 34.4 Å². The van der Waals surface area contributed by atoms with E-state index in [1.54, 1.807) is 4.68 Å². The summed E-state index contributed by atoms with van der Waals surface area (Å²) in [6, 6.07) is 8.71. The number of nitrogens with one attached hydrogen (secondary N) is 1. The first-order valence-corrected chi connectivity index (χ1v) is 8.74. The van der Waals surface area contributed by atoms with E-state index in [2.05, 4.69) is 53.7 Å². The molecule has 24 heavy (non-hydrogen) atoms. The van der Waals surface area contributed by atoms with Crippen LogP contribution < -0.4 is 5.32 Å². The van der Waals surface area contributed by atoms with Crippen LogP contribution >= 0.6 is 0 Å². The van der Waals surface area contributed by atoms with Crippen molar-refractivity contribution in [2.24, 2.45) is 0 Å². The summed E-state index contributed by atoms with van der Waals surface area (Å²) in [7, 11) is 0. The fourth-order valence-electron chi connectivity index (χ4n) is 2.85. The molecule has 1 saturated heterocycles. The average molecular weight is 330 g/mol. The Morgan fingerprint density at radius 2 is 2.17 bits per heavy atom. The summed E-state index contributed by atoms with van der Waals surface area (Å²) < 4.78 is 13.1. The van der Waals surface area contributed by atoms with Crippen LogP contribution in [-0.2, 0) is 16.1 Å². The minimum Gasteiger partial charge on any atom is -0.353 e. The van der Waals surface area contributed by atoms with Gasteiger partial charge in [0, 0.05) is 12.6 Å². The van der Waals surface area contributed by atoms with Crippen LogP contribution in [0.15, 0.2) is 30.5 Å². The molecule has 2 unspecified atom stereocenters. The highest BCUT2D eigenvalue weighted by Crippen LogP contribution is 2.17. The van der Waals surface area contributed by atoms with Crippen molar-refractivity contribution >= 4 is 0 Å². The molecule has 1 aromatic heterocycles. The number of benzene rings is 1. The maximum atomic E-state index is 5.75. The van der Waals surface area contributed by atoms with Crippen LogP contribution in [0.5, 0.6) is 0 Å². The summed E-state index contributed by atoms with van der Waals surface area (Å²) in [5, 5.41) is 11.8. The number of hydrogen-bond donors (Lipinski definition) is 1. The quantitative estimate of drug-likeness (QED) is 0.846. The molecule has 1 aliphatic rings. The second-order valence-corrected chi connectivity index (χ2v) is 6.13. The molecule has 2 atom stereocenters. The van der Waals surface area contributed by atoms with E-state index in [0.717, 1.165) is 43.8 Å². The van der Waals surface area contributed by atoms with Crippen LogP contribution in [0.25, 0.3) is 5.69 Å². The first-order valence-electron chi connectivity index (χ1n) is 8.74. The van der Waals surface area contributed by atoms with Crippen molar-refractivity contribution in [2.45, 2.75) is 52.0 Å². The molecule has 2 heterocycles. The summed E-state index contributed by atoms with van der Waals surface area (Å²) in [4.78, 5) is 0. The molecule has 0 radical (unpaired) electrons. The van der Waals surface area contributed by atoms with Crippen molar-refractivity contribution in [1.29, 1.82) is 0 Å². The molecular weight excluding hydrogens is 304 g/mol. The molecule has 1 N–H and O–H groups in total. The van der Waals surface area contributed by atoms with Crippen LogP contribution in [0, 0.1) is 0 Å². The van der Waals surface area contributed by atoms with Gasteiger partial charge in [-0.3, -0.25) is 0 Å². The second kappa shape index (κ2) is 8.37. The SMILES string of the molecule is CCNC(C)c1ccc(-n2cc(COC3CCCCO3)nn2)cc1. The van der Waals surface area contributed by atoms with Crippen molar-refractivity contribution < 1.29 is 9.47 Å². The van der Waals surface area contributed by atoms with Gasteiger partial charge in [0.15, 0.2) is 6.29 Å². The van der Waals surface area contributed by atoms with Gasteiger partial charge in [-0.25, -0.2) is 4.68 Å². The van der Waals surface area contributed by atoms with Gasteiger partial charge in [-0.1, -0.05) is 24.3 Å². The lowest BCUT2D eigenvalue weighted by Gasteiger charge is -2.22. The minimum atomic E-state index is -0.101. The van der Waals surface area contributed by atoms with Gasteiger partial charge < -0.3 is 14.8 Å². The van der Waals surface area contributed by atoms with E-state index in [1.807, 2.05) is 6.20 Å². The average Bonchev–Trinajstić information content (AvgIpc) is 3.10. The third-order valence-electron chi connectivity index (χ3n) is 4.26. The molecule has 1 aromatic carbocycles. The van der Waals surface area contributed by atoms with Crippen molar-refractivity contribution in [2.75, 3.05) is 13.2 Å². The fourth-order valence-corrected chi connectivity index (χ4v) is 2.85. The molecule has 0 amide bonds. The van der Waals surface area contributed by atoms with Crippen LogP contribution in [0.3, 0.4) is 0 Å². The van der Waals surface area contributed by atoms with Crippen molar-refractivity contribution in [1.82, 2.24) is 20.3 Å². The number of rotatable bonds is 7. The maximum Gasteiger partial charge on any atom is 0.158 e. The van der Waals surface area contributed by atoms with Gasteiger partial charge in [0.2, 0.25) is 0 Å². The Kier molecular flexibility index (Phi) is 5.96. The number of hydrogen-bond acceptors (Lipinski definition) is 5. The highest BCUT2D eigenvalue weighted by molar-refractivity contribution is 5.34. The second-order valence-electron chi connectivity index (χ2n) is 6.13. The third kappa shape index (κ3) is 4.41. The Labute approximate surface area is 143 Å². The fraction of sp³-hybridized carbons (Fsp3) is 0.556. The number of nitrogens with zero attached hydrogens (tertiary/aromatic N) is 3. The molecule has 1 aliphatic heterocycles. The molecule has 130 valence electrons. The zero-order valence-corrected chi connectivity index (χ0v) is 14.4. The standard InChI is InChI=1S/C18H26N4O2/c1-3-19-14(2)15-7-9-17(10-8-15)22-12-16(20-21-22)13-24-18-6-4-5-11-23-18/h7-10,12,14,18-19H,3-6,11,13H2,1-2H3. The molecule has 3 rings (SSSR count). The van der Waals surface area contributed by atoms with E-state index < -0.39 is 0 Å². The third-order valence-corrected chi connectivity index (χ3v) is 4.26. The van der Waals surface area contributed by atoms with E-state index in [1.165, 1.54) is 5.56 Å². The Bertz CT molecular complexity index is 620. The topological polar surface area (TPSA) is 61.2 Å². The zero-order chi connectivity index (χ0) is 16.8. The predicted molar refractivity (Wildman–Crippen MR) is 91.8 cm³/mol. The lowest BCUT2D eigenvalue weighted by atomic mass is 10.1. The van der Waals surface area contributed by atoms with E-state index in [-0.39, 0.29) is 6.29 Å². The van der Waals surface area contributed by atoms with Gasteiger partial charge in [-0.2, -0.15) is 0 Å². The van der Waals surface area contributed by atoms with Gasteiger partial charge in [-0.15, -0.1) is 5.10 Å². The first-order chi connectivity index (χ1) is 11.8. The van der Waals surface area contributed by atoms with E-state index in [4.69, 9.17) is 9.47 Å². The van der Waals surface area contributed by atoms with E-state index >= 15 is 0 Å². The molecule has 0 aliphatic carbocycles. The van der Waals surface area contributed by atoms with Gasteiger partial charge in [0.05, 0.1) is 18.5 Å². The molecular formula is C18H26N4O2. The van der Waals surface area contributed by atoms with Crippen LogP contribution in [0.2, 0.25) is 0 Å². The van der Waals surface area contributed by atoms with Gasteiger partial charge in [0.1, 0.15) is 5.69 Å². The minimum absolute atomic E-state index is 0.101. The Morgan fingerprint density at radius 3 is 2.88 bits per heavy atom. The Balaban J connectivity index is 1.58. The molecule has 0 spiro atoms. The lowest BCUT2D eigenvalue weighted by Crippen LogP contribution is -2.22. The highest BCUT2D eigenvalue weighted by atomic mass is 16.7. The van der Waals surface area contributed by atoms with Gasteiger partial charge >= 0.3 is 0 Å². The highest BCUT2D eigenvalue weighted by Gasteiger charge is 2.15. The Morgan fingerprint density at radius 1 is 1.33 bits per heavy atom. The normalized spacial score (nSPS) is 19.3. The molecule has 0 bridgehead atoms. The first kappa shape index (κ1) is 17.1. The van der Waals surface area contributed by atoms with Crippen LogP contribution in [0.1, 0.15) is 50.4 Å². The molecule has 6 nitrogen and oxygen atoms in total. The molecule has 1 fully saturated rings. The number of aromatic nitrogens is 3. The van der Waals surface area contributed by atoms with E-state index in [9.17, 15) is 0 Å². The largest absolute Gasteiger partial charge is 0.353 e. The van der Waals surface area contributed by atoms with Crippen LogP contribution in [0.4, 0.5) is 0 Å². The van der Waals surface area contributed by atoms with E-state index in [0.29, 0.717) is 12.6 Å². The summed E-state index contributed by atoms with van der Waals surface area (Å²) in [6.07, 6.45) is 5.05. The zero-order valence-electron chi connectivity index (χ0n) is 14.4. The summed E-state index contributed by atoms with van der Waals surface area (Å²) in [5.41, 5.74) is 3.07. The molecule has 6 heteroatoms. The summed E-state index contributed by atoms with van der Waals surface area (Å²) in [6.45, 7) is 6.45. The lowest BCUT2D eigenvalue weighted by molar-refractivity contribution is -0.169. The summed E-state index contributed by atoms with van der Waals surface area (Å²) >= 11 is 0. The Hall–Kier alpha value is -1.76. The van der Waals surface area contributed by atoms with Crippen molar-refractivity contribution in [3.8, 4) is 5.69 Å². The van der Waals surface area contributed by atoms with Crippen molar-refractivity contribution in [3.05, 3.63) is 41.7 Å². The van der Waals surface area contributed by atoms with Gasteiger partial charge in [0.25, 0.3) is 0 Å². The monoisotopic (exact) mass is 330 g/mol. The number of ether oxygens (including phenoxy) is 2. The molecule has 2 aromatic rings. The van der Waals surface area contributed by atoms with Gasteiger partial charge in [-0.05, 0) is 50.4 Å². The maximum absolute atomic E-state index is 5.75. The summed E-state index contributed by atoms with van der Waals surface area (Å²) in [5.74, 6) is 0. The molecule has 0 saturated carbocycles. The smallest absolute Gasteiger partial charge is 0.158 e.